The Kier molecular flexibility index (Phi) is 5.17. The normalized spacial score (nSPS) is 10.5. The number of aryl methyl sites for hydroxylation is 2. The van der Waals surface area contributed by atoms with E-state index in [2.05, 4.69) is 27.4 Å². The molecule has 1 amide bonds. The minimum atomic E-state index is -0.245. The molecule has 0 radical (unpaired) electrons. The van der Waals surface area contributed by atoms with Gasteiger partial charge >= 0.3 is 0 Å². The smallest absolute Gasteiger partial charge is 0.276 e. The first-order valence-electron chi connectivity index (χ1n) is 6.76. The van der Waals surface area contributed by atoms with Crippen molar-refractivity contribution in [3.05, 3.63) is 34.6 Å². The van der Waals surface area contributed by atoms with E-state index in [0.717, 1.165) is 23.5 Å². The number of hydrogen-bond acceptors (Lipinski definition) is 5. The van der Waals surface area contributed by atoms with Crippen molar-refractivity contribution >= 4 is 22.4 Å². The molecule has 0 aliphatic rings. The Morgan fingerprint density at radius 2 is 2.15 bits per heavy atom. The van der Waals surface area contributed by atoms with E-state index < -0.39 is 0 Å². The molecular formula is C14H18N4OS. The molecule has 1 N–H and O–H groups in total. The molecule has 2 aromatic rings. The van der Waals surface area contributed by atoms with E-state index in [9.17, 15) is 4.79 Å². The fourth-order valence-electron chi connectivity index (χ4n) is 1.76. The van der Waals surface area contributed by atoms with Crippen molar-refractivity contribution in [1.82, 2.24) is 15.2 Å². The van der Waals surface area contributed by atoms with Gasteiger partial charge in [-0.25, -0.2) is 4.98 Å². The Hall–Kier alpha value is -1.82. The van der Waals surface area contributed by atoms with Gasteiger partial charge < -0.3 is 0 Å². The number of rotatable bonds is 6. The first-order valence-corrected chi connectivity index (χ1v) is 7.58. The number of anilines is 1. The van der Waals surface area contributed by atoms with E-state index in [1.165, 1.54) is 24.2 Å². The molecule has 5 nitrogen and oxygen atoms in total. The van der Waals surface area contributed by atoms with Gasteiger partial charge in [-0.1, -0.05) is 37.2 Å². The van der Waals surface area contributed by atoms with Crippen LogP contribution in [-0.4, -0.2) is 21.1 Å². The second-order valence-corrected chi connectivity index (χ2v) is 5.64. The van der Waals surface area contributed by atoms with Crippen LogP contribution in [0.25, 0.3) is 0 Å². The average molecular weight is 290 g/mol. The van der Waals surface area contributed by atoms with E-state index in [-0.39, 0.29) is 5.91 Å². The molecule has 0 aliphatic heterocycles. The lowest BCUT2D eigenvalue weighted by Crippen LogP contribution is -2.13. The molecule has 0 atom stereocenters. The maximum Gasteiger partial charge on any atom is 0.276 e. The van der Waals surface area contributed by atoms with Crippen LogP contribution in [0.5, 0.6) is 0 Å². The molecule has 0 saturated heterocycles. The van der Waals surface area contributed by atoms with Crippen LogP contribution in [-0.2, 0) is 6.42 Å². The zero-order valence-corrected chi connectivity index (χ0v) is 12.5. The summed E-state index contributed by atoms with van der Waals surface area (Å²) in [6, 6.07) is 5.35. The van der Waals surface area contributed by atoms with Crippen LogP contribution in [0.4, 0.5) is 5.13 Å². The molecule has 6 heteroatoms. The molecule has 0 unspecified atom stereocenters. The highest BCUT2D eigenvalue weighted by molar-refractivity contribution is 7.15. The van der Waals surface area contributed by atoms with Crippen molar-refractivity contribution in [2.45, 2.75) is 39.5 Å². The van der Waals surface area contributed by atoms with E-state index in [4.69, 9.17) is 0 Å². The molecule has 0 aromatic carbocycles. The van der Waals surface area contributed by atoms with Crippen LogP contribution in [0.2, 0.25) is 0 Å². The fourth-order valence-corrected chi connectivity index (χ4v) is 2.54. The third-order valence-corrected chi connectivity index (χ3v) is 3.70. The van der Waals surface area contributed by atoms with Gasteiger partial charge in [-0.3, -0.25) is 10.1 Å². The molecule has 0 bridgehead atoms. The van der Waals surface area contributed by atoms with Crippen LogP contribution in [0, 0.1) is 6.92 Å². The quantitative estimate of drug-likeness (QED) is 0.829. The van der Waals surface area contributed by atoms with E-state index in [0.29, 0.717) is 10.8 Å². The summed E-state index contributed by atoms with van der Waals surface area (Å²) in [6.07, 6.45) is 4.40. The molecule has 0 aliphatic carbocycles. The Bertz CT molecular complexity index is 582. The lowest BCUT2D eigenvalue weighted by Gasteiger charge is -2.00. The number of unbranched alkanes of at least 4 members (excludes halogenated alkanes) is 2. The molecule has 0 saturated carbocycles. The number of hydrogen-bond donors (Lipinski definition) is 1. The van der Waals surface area contributed by atoms with Crippen molar-refractivity contribution in [1.29, 1.82) is 0 Å². The van der Waals surface area contributed by atoms with Gasteiger partial charge in [0.05, 0.1) is 0 Å². The van der Waals surface area contributed by atoms with Crippen molar-refractivity contribution in [2.75, 3.05) is 5.32 Å². The molecule has 106 valence electrons. The highest BCUT2D eigenvalue weighted by Crippen LogP contribution is 2.18. The molecule has 2 heterocycles. The van der Waals surface area contributed by atoms with Gasteiger partial charge in [0.2, 0.25) is 5.13 Å². The SMILES string of the molecule is CCCCCc1nnc(NC(=O)c2cccc(C)n2)s1. The summed E-state index contributed by atoms with van der Waals surface area (Å²) in [5.41, 5.74) is 1.21. The average Bonchev–Trinajstić information content (AvgIpc) is 2.86. The van der Waals surface area contributed by atoms with Gasteiger partial charge in [-0.15, -0.1) is 10.2 Å². The maximum atomic E-state index is 12.0. The number of aromatic nitrogens is 3. The van der Waals surface area contributed by atoms with Crippen LogP contribution in [0.15, 0.2) is 18.2 Å². The number of pyridine rings is 1. The zero-order chi connectivity index (χ0) is 14.4. The molecule has 0 spiro atoms. The summed E-state index contributed by atoms with van der Waals surface area (Å²) in [4.78, 5) is 16.2. The standard InChI is InChI=1S/C14H18N4OS/c1-3-4-5-9-12-17-18-14(20-12)16-13(19)11-8-6-7-10(2)15-11/h6-8H,3-5,9H2,1-2H3,(H,16,18,19). The van der Waals surface area contributed by atoms with Crippen LogP contribution >= 0.6 is 11.3 Å². The number of nitrogens with one attached hydrogen (secondary N) is 1. The molecular weight excluding hydrogens is 272 g/mol. The Labute approximate surface area is 122 Å². The largest absolute Gasteiger partial charge is 0.295 e. The summed E-state index contributed by atoms with van der Waals surface area (Å²) in [5, 5.41) is 12.3. The lowest BCUT2D eigenvalue weighted by atomic mass is 10.2. The maximum absolute atomic E-state index is 12.0. The van der Waals surface area contributed by atoms with Gasteiger partial charge in [0.25, 0.3) is 5.91 Å². The third-order valence-electron chi connectivity index (χ3n) is 2.80. The van der Waals surface area contributed by atoms with Crippen LogP contribution in [0.1, 0.15) is 47.4 Å². The lowest BCUT2D eigenvalue weighted by molar-refractivity contribution is 0.102. The number of carbonyl (C=O) groups excluding carboxylic acids is 1. The molecule has 0 fully saturated rings. The van der Waals surface area contributed by atoms with Crippen molar-refractivity contribution < 1.29 is 4.79 Å². The first-order chi connectivity index (χ1) is 9.69. The Balaban J connectivity index is 1.94. The number of nitrogens with zero attached hydrogens (tertiary/aromatic N) is 3. The van der Waals surface area contributed by atoms with Crippen molar-refractivity contribution in [3.8, 4) is 0 Å². The topological polar surface area (TPSA) is 67.8 Å². The summed E-state index contributed by atoms with van der Waals surface area (Å²) in [7, 11) is 0. The van der Waals surface area contributed by atoms with Crippen LogP contribution < -0.4 is 5.32 Å². The number of amides is 1. The fraction of sp³-hybridized carbons (Fsp3) is 0.429. The van der Waals surface area contributed by atoms with E-state index in [1.807, 2.05) is 19.1 Å². The van der Waals surface area contributed by atoms with Gasteiger partial charge in [-0.05, 0) is 25.5 Å². The Morgan fingerprint density at radius 1 is 1.30 bits per heavy atom. The highest BCUT2D eigenvalue weighted by Gasteiger charge is 2.11. The molecule has 20 heavy (non-hydrogen) atoms. The minimum Gasteiger partial charge on any atom is -0.295 e. The Morgan fingerprint density at radius 3 is 2.90 bits per heavy atom. The van der Waals surface area contributed by atoms with Gasteiger partial charge in [0.15, 0.2) is 0 Å². The highest BCUT2D eigenvalue weighted by atomic mass is 32.1. The van der Waals surface area contributed by atoms with Crippen LogP contribution in [0.3, 0.4) is 0 Å². The monoisotopic (exact) mass is 290 g/mol. The third kappa shape index (κ3) is 4.09. The van der Waals surface area contributed by atoms with Gasteiger partial charge in [0.1, 0.15) is 10.7 Å². The summed E-state index contributed by atoms with van der Waals surface area (Å²) in [5.74, 6) is -0.245. The molecule has 2 rings (SSSR count). The summed E-state index contributed by atoms with van der Waals surface area (Å²) >= 11 is 1.43. The van der Waals surface area contributed by atoms with Crippen molar-refractivity contribution in [3.63, 3.8) is 0 Å². The van der Waals surface area contributed by atoms with Crippen molar-refractivity contribution in [2.24, 2.45) is 0 Å². The first kappa shape index (κ1) is 14.6. The predicted molar refractivity (Wildman–Crippen MR) is 80.1 cm³/mol. The molecule has 2 aromatic heterocycles. The van der Waals surface area contributed by atoms with E-state index >= 15 is 0 Å². The second-order valence-electron chi connectivity index (χ2n) is 4.58. The number of carbonyl (C=O) groups is 1. The predicted octanol–water partition coefficient (Wildman–Crippen LogP) is 3.23. The second kappa shape index (κ2) is 7.09. The van der Waals surface area contributed by atoms with Gasteiger partial charge in [-0.2, -0.15) is 0 Å². The van der Waals surface area contributed by atoms with E-state index in [1.54, 1.807) is 6.07 Å². The summed E-state index contributed by atoms with van der Waals surface area (Å²) in [6.45, 7) is 4.02. The minimum absolute atomic E-state index is 0.245. The zero-order valence-electron chi connectivity index (χ0n) is 11.7. The van der Waals surface area contributed by atoms with Gasteiger partial charge in [0, 0.05) is 12.1 Å². The summed E-state index contributed by atoms with van der Waals surface area (Å²) < 4.78 is 0.